The Bertz CT molecular complexity index is 373. The lowest BCUT2D eigenvalue weighted by Gasteiger charge is -2.36. The van der Waals surface area contributed by atoms with Crippen molar-refractivity contribution in [1.29, 1.82) is 0 Å². The molecule has 0 radical (unpaired) electrons. The van der Waals surface area contributed by atoms with Gasteiger partial charge in [0.25, 0.3) is 0 Å². The summed E-state index contributed by atoms with van der Waals surface area (Å²) in [6, 6.07) is 0. The lowest BCUT2D eigenvalue weighted by Crippen LogP contribution is -2.40. The maximum atomic E-state index is 12.7. The molecule has 2 heterocycles. The van der Waals surface area contributed by atoms with Gasteiger partial charge in [-0.25, -0.2) is 0 Å². The lowest BCUT2D eigenvalue weighted by atomic mass is 9.71. The van der Waals surface area contributed by atoms with Crippen LogP contribution in [0.15, 0.2) is 0 Å². The number of likely N-dealkylation sites (tertiary alicyclic amines) is 2. The maximum Gasteiger partial charge on any atom is 0.223 e. The van der Waals surface area contributed by atoms with Crippen molar-refractivity contribution in [2.24, 2.45) is 17.1 Å². The summed E-state index contributed by atoms with van der Waals surface area (Å²) in [7, 11) is 0. The second-order valence-corrected chi connectivity index (χ2v) is 7.94. The van der Waals surface area contributed by atoms with Crippen molar-refractivity contribution in [1.82, 2.24) is 9.80 Å². The van der Waals surface area contributed by atoms with Crippen LogP contribution >= 0.6 is 0 Å². The van der Waals surface area contributed by atoms with Crippen LogP contribution in [0.1, 0.15) is 57.8 Å². The van der Waals surface area contributed by atoms with E-state index in [2.05, 4.69) is 9.80 Å². The van der Waals surface area contributed by atoms with Gasteiger partial charge in [-0.05, 0) is 63.1 Å². The van der Waals surface area contributed by atoms with Gasteiger partial charge >= 0.3 is 0 Å². The Balaban J connectivity index is 1.48. The van der Waals surface area contributed by atoms with Gasteiger partial charge in [0.05, 0.1) is 0 Å². The summed E-state index contributed by atoms with van der Waals surface area (Å²) in [6.07, 6.45) is 10.7. The zero-order chi connectivity index (χ0) is 15.4. The van der Waals surface area contributed by atoms with Crippen molar-refractivity contribution in [2.75, 3.05) is 39.3 Å². The molecule has 3 aliphatic rings. The van der Waals surface area contributed by atoms with E-state index in [4.69, 9.17) is 5.73 Å². The topological polar surface area (TPSA) is 49.6 Å². The first-order valence-corrected chi connectivity index (χ1v) is 9.41. The van der Waals surface area contributed by atoms with E-state index in [1.54, 1.807) is 0 Å². The fourth-order valence-electron chi connectivity index (χ4n) is 4.73. The second-order valence-electron chi connectivity index (χ2n) is 7.94. The molecule has 1 amide bonds. The van der Waals surface area contributed by atoms with Crippen LogP contribution in [0.5, 0.6) is 0 Å². The van der Waals surface area contributed by atoms with Gasteiger partial charge in [0.2, 0.25) is 5.91 Å². The normalized spacial score (nSPS) is 29.1. The molecule has 2 saturated heterocycles. The van der Waals surface area contributed by atoms with E-state index >= 15 is 0 Å². The molecule has 0 aromatic heterocycles. The molecule has 0 aromatic carbocycles. The highest BCUT2D eigenvalue weighted by Crippen LogP contribution is 2.39. The molecule has 1 unspecified atom stereocenters. The predicted molar refractivity (Wildman–Crippen MR) is 89.6 cm³/mol. The second kappa shape index (κ2) is 7.31. The third-order valence-corrected chi connectivity index (χ3v) is 6.23. The summed E-state index contributed by atoms with van der Waals surface area (Å²) in [5.41, 5.74) is 6.16. The average molecular weight is 307 g/mol. The van der Waals surface area contributed by atoms with E-state index in [0.717, 1.165) is 25.9 Å². The number of hydrogen-bond acceptors (Lipinski definition) is 3. The number of amides is 1. The Morgan fingerprint density at radius 2 is 1.77 bits per heavy atom. The number of carbonyl (C=O) groups is 1. The van der Waals surface area contributed by atoms with Crippen LogP contribution in [-0.2, 0) is 4.79 Å². The third kappa shape index (κ3) is 3.83. The number of nitrogens with zero attached hydrogens (tertiary/aromatic N) is 2. The van der Waals surface area contributed by atoms with Gasteiger partial charge in [-0.2, -0.15) is 0 Å². The van der Waals surface area contributed by atoms with Crippen molar-refractivity contribution < 1.29 is 4.79 Å². The minimum absolute atomic E-state index is 0.113. The Labute approximate surface area is 135 Å². The standard InChI is InChI=1S/C18H33N3O/c19-15-18(7-2-1-3-8-18)12-17(22)21-11-6-16(14-21)13-20-9-4-5-10-20/h16H,1-15,19H2. The van der Waals surface area contributed by atoms with Crippen LogP contribution in [0.25, 0.3) is 0 Å². The van der Waals surface area contributed by atoms with Crippen molar-refractivity contribution in [3.8, 4) is 0 Å². The van der Waals surface area contributed by atoms with Gasteiger partial charge in [-0.15, -0.1) is 0 Å². The van der Waals surface area contributed by atoms with E-state index in [1.807, 2.05) is 0 Å². The zero-order valence-electron chi connectivity index (χ0n) is 14.1. The van der Waals surface area contributed by atoms with E-state index in [1.165, 1.54) is 58.2 Å². The SMILES string of the molecule is NCC1(CC(=O)N2CCC(CN3CCCC3)C2)CCCCC1. The fourth-order valence-corrected chi connectivity index (χ4v) is 4.73. The largest absolute Gasteiger partial charge is 0.342 e. The van der Waals surface area contributed by atoms with Gasteiger partial charge in [0.1, 0.15) is 0 Å². The first-order chi connectivity index (χ1) is 10.7. The fraction of sp³-hybridized carbons (Fsp3) is 0.944. The van der Waals surface area contributed by atoms with Crippen molar-refractivity contribution in [3.05, 3.63) is 0 Å². The summed E-state index contributed by atoms with van der Waals surface area (Å²) in [5.74, 6) is 1.07. The summed E-state index contributed by atoms with van der Waals surface area (Å²) in [5, 5.41) is 0. The quantitative estimate of drug-likeness (QED) is 0.847. The monoisotopic (exact) mass is 307 g/mol. The van der Waals surface area contributed by atoms with Crippen LogP contribution < -0.4 is 5.73 Å². The molecule has 1 atom stereocenters. The Kier molecular flexibility index (Phi) is 5.40. The molecule has 4 heteroatoms. The number of carbonyl (C=O) groups excluding carboxylic acids is 1. The third-order valence-electron chi connectivity index (χ3n) is 6.23. The summed E-state index contributed by atoms with van der Waals surface area (Å²) >= 11 is 0. The molecule has 0 bridgehead atoms. The highest BCUT2D eigenvalue weighted by Gasteiger charge is 2.36. The number of rotatable bonds is 5. The number of hydrogen-bond donors (Lipinski definition) is 1. The molecule has 126 valence electrons. The van der Waals surface area contributed by atoms with E-state index in [9.17, 15) is 4.79 Å². The van der Waals surface area contributed by atoms with E-state index < -0.39 is 0 Å². The molecular formula is C18H33N3O. The first-order valence-electron chi connectivity index (χ1n) is 9.41. The molecule has 2 aliphatic heterocycles. The van der Waals surface area contributed by atoms with Gasteiger partial charge in [0, 0.05) is 26.1 Å². The van der Waals surface area contributed by atoms with E-state index in [-0.39, 0.29) is 5.41 Å². The van der Waals surface area contributed by atoms with Crippen LogP contribution in [0.4, 0.5) is 0 Å². The highest BCUT2D eigenvalue weighted by atomic mass is 16.2. The molecule has 2 N–H and O–H groups in total. The van der Waals surface area contributed by atoms with Gasteiger partial charge < -0.3 is 15.5 Å². The minimum Gasteiger partial charge on any atom is -0.342 e. The minimum atomic E-state index is 0.113. The molecule has 0 spiro atoms. The molecule has 22 heavy (non-hydrogen) atoms. The van der Waals surface area contributed by atoms with Crippen LogP contribution in [-0.4, -0.2) is 55.0 Å². The lowest BCUT2D eigenvalue weighted by molar-refractivity contribution is -0.133. The Morgan fingerprint density at radius 3 is 2.45 bits per heavy atom. The molecule has 4 nitrogen and oxygen atoms in total. The molecule has 3 rings (SSSR count). The van der Waals surface area contributed by atoms with Crippen molar-refractivity contribution in [2.45, 2.75) is 57.8 Å². The van der Waals surface area contributed by atoms with Crippen molar-refractivity contribution >= 4 is 5.91 Å². The van der Waals surface area contributed by atoms with E-state index in [0.29, 0.717) is 24.8 Å². The summed E-state index contributed by atoms with van der Waals surface area (Å²) in [4.78, 5) is 17.4. The van der Waals surface area contributed by atoms with Crippen LogP contribution in [0.2, 0.25) is 0 Å². The number of nitrogens with two attached hydrogens (primary N) is 1. The zero-order valence-corrected chi connectivity index (χ0v) is 14.1. The predicted octanol–water partition coefficient (Wildman–Crippen LogP) is 2.23. The van der Waals surface area contributed by atoms with Crippen LogP contribution in [0, 0.1) is 11.3 Å². The Morgan fingerprint density at radius 1 is 1.05 bits per heavy atom. The average Bonchev–Trinajstić information content (AvgIpc) is 3.20. The summed E-state index contributed by atoms with van der Waals surface area (Å²) in [6.45, 7) is 6.37. The molecule has 1 aliphatic carbocycles. The maximum absolute atomic E-state index is 12.7. The molecular weight excluding hydrogens is 274 g/mol. The molecule has 0 aromatic rings. The van der Waals surface area contributed by atoms with Crippen LogP contribution in [0.3, 0.4) is 0 Å². The van der Waals surface area contributed by atoms with Crippen molar-refractivity contribution in [3.63, 3.8) is 0 Å². The molecule has 3 fully saturated rings. The smallest absolute Gasteiger partial charge is 0.223 e. The van der Waals surface area contributed by atoms with Gasteiger partial charge in [-0.1, -0.05) is 19.3 Å². The highest BCUT2D eigenvalue weighted by molar-refractivity contribution is 5.77. The summed E-state index contributed by atoms with van der Waals surface area (Å²) < 4.78 is 0. The Hall–Kier alpha value is -0.610. The molecule has 1 saturated carbocycles. The first kappa shape index (κ1) is 16.3. The van der Waals surface area contributed by atoms with Gasteiger partial charge in [-0.3, -0.25) is 4.79 Å². The van der Waals surface area contributed by atoms with Gasteiger partial charge in [0.15, 0.2) is 0 Å².